The topological polar surface area (TPSA) is 105 Å². The van der Waals surface area contributed by atoms with Crippen LogP contribution in [0.15, 0.2) is 116 Å². The molecule has 5 aromatic rings. The van der Waals surface area contributed by atoms with E-state index in [2.05, 4.69) is 62.6 Å². The number of amides is 2. The third-order valence-corrected chi connectivity index (χ3v) is 7.31. The minimum absolute atomic E-state index is 0.258. The molecule has 2 heterocycles. The number of ether oxygens (including phenoxy) is 1. The Labute approximate surface area is 237 Å². The normalized spacial score (nSPS) is 14.9. The smallest absolute Gasteiger partial charge is 0.323 e. The highest BCUT2D eigenvalue weighted by Crippen LogP contribution is 2.54. The van der Waals surface area contributed by atoms with Crippen LogP contribution in [-0.2, 0) is 0 Å². The predicted molar refractivity (Wildman–Crippen MR) is 161 cm³/mol. The number of anilines is 2. The summed E-state index contributed by atoms with van der Waals surface area (Å²) >= 11 is 0. The maximum absolute atomic E-state index is 13.3. The highest BCUT2D eigenvalue weighted by molar-refractivity contribution is 6.02. The molecule has 2 amide bonds. The Hall–Kier alpha value is -5.50. The largest absolute Gasteiger partial charge is 0.476 e. The standard InChI is InChI=1S/C33H28N6O2/c1-4-33(5-2)29(22-11-7-6-8-12-22)27-19-23(25-13-9-10-14-26(25)31-36-38-39-37-31)20-28(30(27)41-33)35-32(40)34-24-17-15-21(3)16-18-24/h4-20,29H,1-2H2,3H3,(H2,34,35,40)(H,36,37,38,39)/t29-/m0/s1. The van der Waals surface area contributed by atoms with Crippen molar-refractivity contribution in [3.8, 4) is 28.3 Å². The van der Waals surface area contributed by atoms with Crippen molar-refractivity contribution < 1.29 is 9.53 Å². The van der Waals surface area contributed by atoms with Crippen LogP contribution in [-0.4, -0.2) is 32.3 Å². The van der Waals surface area contributed by atoms with Crippen LogP contribution in [0.3, 0.4) is 0 Å². The number of aromatic nitrogens is 4. The number of tetrazole rings is 1. The minimum atomic E-state index is -0.931. The number of nitrogens with zero attached hydrogens (tertiary/aromatic N) is 3. The Balaban J connectivity index is 1.52. The van der Waals surface area contributed by atoms with Crippen LogP contribution < -0.4 is 15.4 Å². The second-order valence-corrected chi connectivity index (χ2v) is 9.88. The number of hydrogen-bond acceptors (Lipinski definition) is 5. The molecule has 41 heavy (non-hydrogen) atoms. The van der Waals surface area contributed by atoms with E-state index in [1.165, 1.54) is 0 Å². The first-order valence-corrected chi connectivity index (χ1v) is 13.2. The number of benzene rings is 4. The fourth-order valence-electron chi connectivity index (χ4n) is 5.32. The number of rotatable bonds is 7. The lowest BCUT2D eigenvalue weighted by Gasteiger charge is -2.28. The van der Waals surface area contributed by atoms with Crippen LogP contribution in [0.2, 0.25) is 0 Å². The zero-order valence-corrected chi connectivity index (χ0v) is 22.5. The molecule has 6 rings (SSSR count). The quantitative estimate of drug-likeness (QED) is 0.191. The lowest BCUT2D eigenvalue weighted by Crippen LogP contribution is -2.33. The van der Waals surface area contributed by atoms with Gasteiger partial charge in [0.25, 0.3) is 0 Å². The molecule has 0 bridgehead atoms. The van der Waals surface area contributed by atoms with Crippen molar-refractivity contribution in [2.75, 3.05) is 10.6 Å². The average molecular weight is 541 g/mol. The highest BCUT2D eigenvalue weighted by Gasteiger charge is 2.46. The van der Waals surface area contributed by atoms with Gasteiger partial charge in [0.1, 0.15) is 5.75 Å². The van der Waals surface area contributed by atoms with E-state index in [0.29, 0.717) is 22.9 Å². The maximum atomic E-state index is 13.3. The molecule has 8 nitrogen and oxygen atoms in total. The van der Waals surface area contributed by atoms with Gasteiger partial charge in [0.15, 0.2) is 5.60 Å². The molecule has 3 N–H and O–H groups in total. The third-order valence-electron chi connectivity index (χ3n) is 7.31. The number of carbonyl (C=O) groups excluding carboxylic acids is 1. The number of aryl methyl sites for hydroxylation is 1. The lowest BCUT2D eigenvalue weighted by molar-refractivity contribution is 0.188. The van der Waals surface area contributed by atoms with Gasteiger partial charge in [-0.05, 0) is 65.2 Å². The van der Waals surface area contributed by atoms with Gasteiger partial charge < -0.3 is 15.4 Å². The van der Waals surface area contributed by atoms with Crippen molar-refractivity contribution >= 4 is 17.4 Å². The second-order valence-electron chi connectivity index (χ2n) is 9.88. The van der Waals surface area contributed by atoms with Crippen molar-refractivity contribution in [3.05, 3.63) is 133 Å². The maximum Gasteiger partial charge on any atom is 0.323 e. The van der Waals surface area contributed by atoms with Crippen LogP contribution in [0.5, 0.6) is 5.75 Å². The number of aromatic amines is 1. The van der Waals surface area contributed by atoms with E-state index < -0.39 is 11.6 Å². The van der Waals surface area contributed by atoms with E-state index in [1.807, 2.05) is 79.7 Å². The molecule has 0 radical (unpaired) electrons. The first kappa shape index (κ1) is 25.8. The Morgan fingerprint density at radius 3 is 2.32 bits per heavy atom. The van der Waals surface area contributed by atoms with E-state index >= 15 is 0 Å². The van der Waals surface area contributed by atoms with Crippen molar-refractivity contribution in [2.24, 2.45) is 0 Å². The summed E-state index contributed by atoms with van der Waals surface area (Å²) in [6.07, 6.45) is 3.53. The summed E-state index contributed by atoms with van der Waals surface area (Å²) < 4.78 is 6.63. The van der Waals surface area contributed by atoms with Gasteiger partial charge in [-0.15, -0.1) is 10.2 Å². The minimum Gasteiger partial charge on any atom is -0.476 e. The van der Waals surface area contributed by atoms with Crippen LogP contribution in [0.1, 0.15) is 22.6 Å². The molecular formula is C33H28N6O2. The van der Waals surface area contributed by atoms with Gasteiger partial charge in [-0.1, -0.05) is 85.5 Å². The van der Waals surface area contributed by atoms with Crippen LogP contribution in [0.25, 0.3) is 22.5 Å². The van der Waals surface area contributed by atoms with Crippen LogP contribution in [0, 0.1) is 6.92 Å². The molecule has 0 fully saturated rings. The van der Waals surface area contributed by atoms with Crippen molar-refractivity contribution in [3.63, 3.8) is 0 Å². The van der Waals surface area contributed by atoms with Crippen LogP contribution >= 0.6 is 0 Å². The average Bonchev–Trinajstić information content (AvgIpc) is 3.66. The molecule has 1 aromatic heterocycles. The number of carbonyl (C=O) groups is 1. The van der Waals surface area contributed by atoms with Gasteiger partial charge >= 0.3 is 6.03 Å². The van der Waals surface area contributed by atoms with Gasteiger partial charge in [-0.25, -0.2) is 4.79 Å². The molecule has 0 spiro atoms. The number of hydrogen-bond donors (Lipinski definition) is 3. The summed E-state index contributed by atoms with van der Waals surface area (Å²) in [5.74, 6) is 0.764. The summed E-state index contributed by atoms with van der Waals surface area (Å²) in [7, 11) is 0. The summed E-state index contributed by atoms with van der Waals surface area (Å²) in [5, 5.41) is 20.6. The number of urea groups is 1. The van der Waals surface area contributed by atoms with Crippen LogP contribution in [0.4, 0.5) is 16.2 Å². The SMILES string of the molecule is C=CC1(C=C)Oc2c(NC(=O)Nc3ccc(C)cc3)cc(-c3ccccc3-c3nn[nH]n3)cc2[C@@H]1c1ccccc1. The molecule has 4 aromatic carbocycles. The summed E-state index contributed by atoms with van der Waals surface area (Å²) in [4.78, 5) is 13.3. The highest BCUT2D eigenvalue weighted by atomic mass is 16.5. The van der Waals surface area contributed by atoms with Crippen molar-refractivity contribution in [1.82, 2.24) is 20.6 Å². The van der Waals surface area contributed by atoms with Gasteiger partial charge in [-0.2, -0.15) is 5.21 Å². The fraction of sp³-hybridized carbons (Fsp3) is 0.0909. The molecule has 1 aliphatic rings. The number of fused-ring (bicyclic) bond motifs is 1. The molecule has 1 atom stereocenters. The molecule has 0 saturated carbocycles. The monoisotopic (exact) mass is 540 g/mol. The van der Waals surface area contributed by atoms with Crippen molar-refractivity contribution in [2.45, 2.75) is 18.4 Å². The zero-order valence-electron chi connectivity index (χ0n) is 22.5. The predicted octanol–water partition coefficient (Wildman–Crippen LogP) is 7.12. The molecule has 0 saturated heterocycles. The Kier molecular flexibility index (Phi) is 6.65. The second kappa shape index (κ2) is 10.6. The Morgan fingerprint density at radius 2 is 1.63 bits per heavy atom. The molecule has 8 heteroatoms. The van der Waals surface area contributed by atoms with E-state index in [4.69, 9.17) is 4.74 Å². The first-order chi connectivity index (χ1) is 20.0. The van der Waals surface area contributed by atoms with Gasteiger partial charge in [-0.3, -0.25) is 0 Å². The summed E-state index contributed by atoms with van der Waals surface area (Å²) in [6.45, 7) is 10.2. The van der Waals surface area contributed by atoms with E-state index in [1.54, 1.807) is 12.2 Å². The Morgan fingerprint density at radius 1 is 0.927 bits per heavy atom. The molecule has 0 aliphatic carbocycles. The molecule has 0 unspecified atom stereocenters. The summed E-state index contributed by atoms with van der Waals surface area (Å²) in [6, 6.07) is 29.1. The third kappa shape index (κ3) is 4.76. The van der Waals surface area contributed by atoms with Gasteiger partial charge in [0.05, 0.1) is 11.6 Å². The fourth-order valence-corrected chi connectivity index (χ4v) is 5.32. The first-order valence-electron chi connectivity index (χ1n) is 13.2. The number of nitrogens with one attached hydrogen (secondary N) is 3. The molecule has 1 aliphatic heterocycles. The van der Waals surface area contributed by atoms with Gasteiger partial charge in [0, 0.05) is 16.8 Å². The summed E-state index contributed by atoms with van der Waals surface area (Å²) in [5.41, 5.74) is 5.81. The number of H-pyrrole nitrogens is 1. The molecular weight excluding hydrogens is 512 g/mol. The lowest BCUT2D eigenvalue weighted by atomic mass is 9.78. The zero-order chi connectivity index (χ0) is 28.4. The Bertz CT molecular complexity index is 1720. The van der Waals surface area contributed by atoms with E-state index in [0.717, 1.165) is 33.4 Å². The van der Waals surface area contributed by atoms with E-state index in [-0.39, 0.29) is 5.92 Å². The van der Waals surface area contributed by atoms with Crippen molar-refractivity contribution in [1.29, 1.82) is 0 Å². The van der Waals surface area contributed by atoms with E-state index in [9.17, 15) is 4.79 Å². The van der Waals surface area contributed by atoms with Gasteiger partial charge in [0.2, 0.25) is 5.82 Å². The molecule has 202 valence electrons.